The summed E-state index contributed by atoms with van der Waals surface area (Å²) in [7, 11) is 1.68. The van der Waals surface area contributed by atoms with Crippen LogP contribution in [0.2, 0.25) is 0 Å². The average molecular weight is 221 g/mol. The number of nitrogens with zero attached hydrogens (tertiary/aromatic N) is 2. The number of methoxy groups -OCH3 is 1. The van der Waals surface area contributed by atoms with Gasteiger partial charge in [-0.2, -0.15) is 0 Å². The van der Waals surface area contributed by atoms with Crippen LogP contribution in [0.5, 0.6) is 5.75 Å². The fourth-order valence-electron chi connectivity index (χ4n) is 2.14. The summed E-state index contributed by atoms with van der Waals surface area (Å²) in [4.78, 5) is 6.85. The van der Waals surface area contributed by atoms with Gasteiger partial charge in [0.2, 0.25) is 0 Å². The fourth-order valence-corrected chi connectivity index (χ4v) is 2.14. The lowest BCUT2D eigenvalue weighted by molar-refractivity contribution is 0.321. The van der Waals surface area contributed by atoms with Crippen LogP contribution >= 0.6 is 0 Å². The standard InChI is InChI=1S/C12H19N3O/c1-9-5-12(16-2)6-11(14-9)8-15-4-3-10(13)7-15/h5-6,10H,3-4,7-8,13H2,1-2H3. The third kappa shape index (κ3) is 2.71. The highest BCUT2D eigenvalue weighted by Crippen LogP contribution is 2.16. The van der Waals surface area contributed by atoms with Crippen molar-refractivity contribution in [3.63, 3.8) is 0 Å². The van der Waals surface area contributed by atoms with Crippen LogP contribution < -0.4 is 10.5 Å². The SMILES string of the molecule is COc1cc(C)nc(CN2CCC(N)C2)c1. The molecule has 0 amide bonds. The molecule has 16 heavy (non-hydrogen) atoms. The number of rotatable bonds is 3. The van der Waals surface area contributed by atoms with Gasteiger partial charge in [-0.25, -0.2) is 0 Å². The van der Waals surface area contributed by atoms with E-state index in [0.29, 0.717) is 6.04 Å². The van der Waals surface area contributed by atoms with Gasteiger partial charge in [0.25, 0.3) is 0 Å². The van der Waals surface area contributed by atoms with E-state index in [1.54, 1.807) is 7.11 Å². The van der Waals surface area contributed by atoms with Gasteiger partial charge < -0.3 is 10.5 Å². The normalized spacial score (nSPS) is 21.3. The maximum atomic E-state index is 5.88. The summed E-state index contributed by atoms with van der Waals surface area (Å²) in [5.74, 6) is 0.881. The first-order valence-corrected chi connectivity index (χ1v) is 5.67. The molecule has 0 aliphatic carbocycles. The van der Waals surface area contributed by atoms with Crippen molar-refractivity contribution in [3.8, 4) is 5.75 Å². The van der Waals surface area contributed by atoms with Gasteiger partial charge in [-0.15, -0.1) is 0 Å². The number of likely N-dealkylation sites (tertiary alicyclic amines) is 1. The smallest absolute Gasteiger partial charge is 0.122 e. The Bertz CT molecular complexity index is 367. The number of aromatic nitrogens is 1. The third-order valence-corrected chi connectivity index (χ3v) is 2.91. The Morgan fingerprint density at radius 3 is 3.00 bits per heavy atom. The molecule has 1 saturated heterocycles. The molecule has 1 fully saturated rings. The lowest BCUT2D eigenvalue weighted by atomic mass is 10.3. The zero-order valence-electron chi connectivity index (χ0n) is 9.94. The molecule has 0 radical (unpaired) electrons. The molecule has 0 saturated carbocycles. The fraction of sp³-hybridized carbons (Fsp3) is 0.583. The molecule has 0 aromatic carbocycles. The van der Waals surface area contributed by atoms with E-state index in [-0.39, 0.29) is 0 Å². The largest absolute Gasteiger partial charge is 0.497 e. The van der Waals surface area contributed by atoms with Crippen molar-refractivity contribution in [3.05, 3.63) is 23.5 Å². The molecule has 1 aromatic heterocycles. The molecule has 88 valence electrons. The summed E-state index contributed by atoms with van der Waals surface area (Å²) in [6.07, 6.45) is 1.09. The third-order valence-electron chi connectivity index (χ3n) is 2.91. The number of hydrogen-bond acceptors (Lipinski definition) is 4. The van der Waals surface area contributed by atoms with Crippen LogP contribution in [0.4, 0.5) is 0 Å². The zero-order chi connectivity index (χ0) is 11.5. The highest BCUT2D eigenvalue weighted by Gasteiger charge is 2.19. The van der Waals surface area contributed by atoms with E-state index in [0.717, 1.165) is 43.2 Å². The highest BCUT2D eigenvalue weighted by atomic mass is 16.5. The van der Waals surface area contributed by atoms with Crippen LogP contribution in [0, 0.1) is 6.92 Å². The minimum Gasteiger partial charge on any atom is -0.497 e. The Hall–Kier alpha value is -1.13. The average Bonchev–Trinajstić information content (AvgIpc) is 2.63. The van der Waals surface area contributed by atoms with Gasteiger partial charge in [-0.3, -0.25) is 9.88 Å². The molecule has 0 bridgehead atoms. The lowest BCUT2D eigenvalue weighted by Crippen LogP contribution is -2.26. The van der Waals surface area contributed by atoms with E-state index in [1.165, 1.54) is 0 Å². The minimum atomic E-state index is 0.326. The highest BCUT2D eigenvalue weighted by molar-refractivity contribution is 5.26. The Balaban J connectivity index is 2.06. The van der Waals surface area contributed by atoms with E-state index in [9.17, 15) is 0 Å². The van der Waals surface area contributed by atoms with E-state index >= 15 is 0 Å². The van der Waals surface area contributed by atoms with Crippen LogP contribution in [0.25, 0.3) is 0 Å². The van der Waals surface area contributed by atoms with Crippen LogP contribution in [-0.4, -0.2) is 36.1 Å². The monoisotopic (exact) mass is 221 g/mol. The first kappa shape index (κ1) is 11.4. The molecule has 0 spiro atoms. The maximum absolute atomic E-state index is 5.88. The summed E-state index contributed by atoms with van der Waals surface area (Å²) < 4.78 is 5.24. The lowest BCUT2D eigenvalue weighted by Gasteiger charge is -2.15. The molecule has 4 heteroatoms. The van der Waals surface area contributed by atoms with Gasteiger partial charge in [0.15, 0.2) is 0 Å². The molecule has 1 unspecified atom stereocenters. The molecule has 1 aliphatic heterocycles. The molecular weight excluding hydrogens is 202 g/mol. The van der Waals surface area contributed by atoms with Crippen LogP contribution in [0.1, 0.15) is 17.8 Å². The van der Waals surface area contributed by atoms with Gasteiger partial charge >= 0.3 is 0 Å². The quantitative estimate of drug-likeness (QED) is 0.825. The second-order valence-electron chi connectivity index (χ2n) is 4.42. The minimum absolute atomic E-state index is 0.326. The molecule has 4 nitrogen and oxygen atoms in total. The van der Waals surface area contributed by atoms with Gasteiger partial charge in [0.1, 0.15) is 5.75 Å². The predicted molar refractivity (Wildman–Crippen MR) is 63.4 cm³/mol. The second kappa shape index (κ2) is 4.80. The first-order chi connectivity index (χ1) is 7.67. The maximum Gasteiger partial charge on any atom is 0.122 e. The van der Waals surface area contributed by atoms with Gasteiger partial charge in [-0.1, -0.05) is 0 Å². The number of pyridine rings is 1. The Morgan fingerprint density at radius 1 is 1.56 bits per heavy atom. The van der Waals surface area contributed by atoms with Crippen molar-refractivity contribution in [2.75, 3.05) is 20.2 Å². The Labute approximate surface area is 96.4 Å². The van der Waals surface area contributed by atoms with Crippen molar-refractivity contribution in [1.29, 1.82) is 0 Å². The van der Waals surface area contributed by atoms with Crippen LogP contribution in [0.3, 0.4) is 0 Å². The van der Waals surface area contributed by atoms with Crippen molar-refractivity contribution in [1.82, 2.24) is 9.88 Å². The molecule has 2 N–H and O–H groups in total. The summed E-state index contributed by atoms with van der Waals surface area (Å²) in [6.45, 7) is 4.89. The van der Waals surface area contributed by atoms with Crippen molar-refractivity contribution >= 4 is 0 Å². The van der Waals surface area contributed by atoms with Crippen molar-refractivity contribution in [2.45, 2.75) is 25.9 Å². The van der Waals surface area contributed by atoms with Crippen molar-refractivity contribution in [2.24, 2.45) is 5.73 Å². The zero-order valence-corrected chi connectivity index (χ0v) is 9.94. The predicted octanol–water partition coefficient (Wildman–Crippen LogP) is 0.932. The number of aryl methyl sites for hydroxylation is 1. The summed E-state index contributed by atoms with van der Waals surface area (Å²) in [5.41, 5.74) is 7.94. The summed E-state index contributed by atoms with van der Waals surface area (Å²) in [6, 6.07) is 4.27. The second-order valence-corrected chi connectivity index (χ2v) is 4.42. The Kier molecular flexibility index (Phi) is 3.41. The van der Waals surface area contributed by atoms with E-state index in [2.05, 4.69) is 9.88 Å². The molecular formula is C12H19N3O. The summed E-state index contributed by atoms with van der Waals surface area (Å²) in [5, 5.41) is 0. The van der Waals surface area contributed by atoms with Gasteiger partial charge in [-0.05, 0) is 13.3 Å². The van der Waals surface area contributed by atoms with E-state index < -0.39 is 0 Å². The molecule has 1 aromatic rings. The number of ether oxygens (including phenoxy) is 1. The first-order valence-electron chi connectivity index (χ1n) is 5.67. The van der Waals surface area contributed by atoms with Gasteiger partial charge in [0, 0.05) is 43.5 Å². The number of hydrogen-bond donors (Lipinski definition) is 1. The molecule has 1 aliphatic rings. The summed E-state index contributed by atoms with van der Waals surface area (Å²) >= 11 is 0. The number of nitrogens with two attached hydrogens (primary N) is 1. The van der Waals surface area contributed by atoms with Crippen LogP contribution in [0.15, 0.2) is 12.1 Å². The molecule has 2 rings (SSSR count). The van der Waals surface area contributed by atoms with Crippen molar-refractivity contribution < 1.29 is 4.74 Å². The van der Waals surface area contributed by atoms with Crippen LogP contribution in [-0.2, 0) is 6.54 Å². The molecule has 2 heterocycles. The topological polar surface area (TPSA) is 51.4 Å². The molecule has 1 atom stereocenters. The van der Waals surface area contributed by atoms with Gasteiger partial charge in [0.05, 0.1) is 12.8 Å². The van der Waals surface area contributed by atoms with E-state index in [1.807, 2.05) is 19.1 Å². The van der Waals surface area contributed by atoms with E-state index in [4.69, 9.17) is 10.5 Å². The Morgan fingerprint density at radius 2 is 2.38 bits per heavy atom.